The van der Waals surface area contributed by atoms with Crippen molar-refractivity contribution in [3.63, 3.8) is 0 Å². The minimum atomic E-state index is -4.06. The van der Waals surface area contributed by atoms with Gasteiger partial charge in [0, 0.05) is 47.9 Å². The van der Waals surface area contributed by atoms with Crippen LogP contribution in [0, 0.1) is 55.4 Å². The van der Waals surface area contributed by atoms with Gasteiger partial charge in [-0.3, -0.25) is 14.4 Å². The number of carbonyl (C=O) groups excluding carboxylic acids is 3. The van der Waals surface area contributed by atoms with E-state index < -0.39 is 47.8 Å². The summed E-state index contributed by atoms with van der Waals surface area (Å²) in [5.41, 5.74) is 17.8. The Morgan fingerprint density at radius 2 is 0.685 bits per heavy atom. The Balaban J connectivity index is 0.000000165. The summed E-state index contributed by atoms with van der Waals surface area (Å²) in [4.78, 5) is 49.0. The first-order valence-corrected chi connectivity index (χ1v) is 42.2. The molecule has 0 atom stereocenters. The molecule has 4 heterocycles. The van der Waals surface area contributed by atoms with Crippen LogP contribution >= 0.6 is 34.8 Å². The minimum Gasteiger partial charge on any atom is -0.494 e. The molecule has 3 amide bonds. The third-order valence-corrected chi connectivity index (χ3v) is 23.0. The van der Waals surface area contributed by atoms with Crippen molar-refractivity contribution in [2.75, 3.05) is 32.3 Å². The molecule has 25 heteroatoms. The van der Waals surface area contributed by atoms with E-state index >= 15 is 0 Å². The maximum atomic E-state index is 13.4. The lowest BCUT2D eigenvalue weighted by Gasteiger charge is -2.11. The Hall–Kier alpha value is -10.6. The molecule has 0 saturated heterocycles. The number of aromatic nitrogens is 3. The van der Waals surface area contributed by atoms with E-state index in [0.717, 1.165) is 155 Å². The number of H-pyrrole nitrogens is 3. The van der Waals surface area contributed by atoms with Gasteiger partial charge in [0.25, 0.3) is 27.7 Å². The fraction of sp³-hybridized carbons (Fsp3) is 0.221. The third-order valence-electron chi connectivity index (χ3n) is 18.7. The van der Waals surface area contributed by atoms with Crippen molar-refractivity contribution in [2.24, 2.45) is 0 Å². The van der Waals surface area contributed by atoms with Gasteiger partial charge in [0.15, 0.2) is 0 Å². The monoisotopic (exact) mass is 1610 g/mol. The molecule has 0 saturated carbocycles. The number of furan rings is 1. The molecule has 0 bridgehead atoms. The fourth-order valence-corrected chi connectivity index (χ4v) is 15.8. The minimum absolute atomic E-state index is 0.00855. The molecular weight excluding hydrogens is 1530 g/mol. The van der Waals surface area contributed by atoms with Gasteiger partial charge in [-0.2, -0.15) is 0 Å². The highest BCUT2D eigenvalue weighted by molar-refractivity contribution is 7.90. The van der Waals surface area contributed by atoms with Gasteiger partial charge in [0.2, 0.25) is 20.0 Å². The zero-order valence-corrected chi connectivity index (χ0v) is 67.6. The molecule has 0 unspecified atom stereocenters. The number of carbonyl (C=O) groups is 3. The van der Waals surface area contributed by atoms with Gasteiger partial charge in [-0.25, -0.2) is 39.4 Å². The lowest BCUT2D eigenvalue weighted by Crippen LogP contribution is -2.31. The van der Waals surface area contributed by atoms with Crippen LogP contribution in [0.25, 0.3) is 66.3 Å². The van der Waals surface area contributed by atoms with Crippen LogP contribution in [0.15, 0.2) is 198 Å². The quantitative estimate of drug-likeness (QED) is 0.0291. The summed E-state index contributed by atoms with van der Waals surface area (Å²) in [6.07, 6.45) is 6.88. The molecular formula is C86H85Cl3N6O13S3. The van der Waals surface area contributed by atoms with Gasteiger partial charge >= 0.3 is 0 Å². The average molecular weight is 1610 g/mol. The summed E-state index contributed by atoms with van der Waals surface area (Å²) in [5, 5.41) is 4.75. The van der Waals surface area contributed by atoms with E-state index in [-0.39, 0.29) is 22.0 Å². The van der Waals surface area contributed by atoms with Crippen LogP contribution in [0.2, 0.25) is 15.1 Å². The number of fused-ring (bicyclic) bond motifs is 3. The van der Waals surface area contributed by atoms with E-state index in [1.54, 1.807) is 30.5 Å². The molecule has 6 N–H and O–H groups in total. The van der Waals surface area contributed by atoms with Crippen molar-refractivity contribution < 1.29 is 58.3 Å². The highest BCUT2D eigenvalue weighted by Crippen LogP contribution is 2.39. The Kier molecular flexibility index (Phi) is 25.8. The first-order valence-electron chi connectivity index (χ1n) is 35.8. The number of ether oxygens (including phenoxy) is 3. The van der Waals surface area contributed by atoms with E-state index in [0.29, 0.717) is 75.2 Å². The number of hydrogen-bond acceptors (Lipinski definition) is 13. The van der Waals surface area contributed by atoms with Gasteiger partial charge in [-0.15, -0.1) is 0 Å². The first-order chi connectivity index (χ1) is 52.8. The summed E-state index contributed by atoms with van der Waals surface area (Å²) in [5.74, 6) is 0.749. The van der Waals surface area contributed by atoms with Gasteiger partial charge < -0.3 is 33.6 Å². The Morgan fingerprint density at radius 3 is 1.02 bits per heavy atom. The standard InChI is InChI=1S/C30H27ClN2O5S.2C28H29ClN2O4S/c1-19-17-21(18-20(2)27(19)31)37-15-7-13-24-23-11-6-12-25(26-14-8-16-38-26)28(23)32-29(24)30(34)33-39(35,36)22-9-4-3-5-10-22;2*1-17-9-5-6-10-21(17)22-11-7-12-23-24(27(30-26(22)23)28(32)31-36(4,33)34)13-8-14-35-20-15-18(2)25(29)19(3)16-20/h3-6,8-12,14,16-18,32H,7,13,15H2,1-2H3,(H,33,34);2*5-7,9-12,15-16,30H,8,13-14H2,1-4H3,(H,31,32). The molecule has 0 spiro atoms. The second kappa shape index (κ2) is 35.2. The largest absolute Gasteiger partial charge is 0.494 e. The van der Waals surface area contributed by atoms with Gasteiger partial charge in [0.05, 0.1) is 60.0 Å². The lowest BCUT2D eigenvalue weighted by molar-refractivity contribution is 0.0967. The Morgan fingerprint density at radius 1 is 0.369 bits per heavy atom. The topological polar surface area (TPSA) is 278 Å². The Labute approximate surface area is 661 Å². The molecule has 19 nitrogen and oxygen atoms in total. The summed E-state index contributed by atoms with van der Waals surface area (Å²) < 4.78 is 103. The van der Waals surface area contributed by atoms with E-state index in [9.17, 15) is 39.6 Å². The Bertz CT molecular complexity index is 5710. The molecule has 0 fully saturated rings. The van der Waals surface area contributed by atoms with Crippen LogP contribution in [-0.4, -0.2) is 90.3 Å². The second-order valence-electron chi connectivity index (χ2n) is 27.4. The molecule has 111 heavy (non-hydrogen) atoms. The van der Waals surface area contributed by atoms with Crippen LogP contribution in [0.5, 0.6) is 17.2 Å². The number of sulfonamides is 3. The van der Waals surface area contributed by atoms with Crippen LogP contribution in [0.4, 0.5) is 0 Å². The highest BCUT2D eigenvalue weighted by atomic mass is 35.5. The second-order valence-corrected chi connectivity index (χ2v) is 33.7. The van der Waals surface area contributed by atoms with Crippen molar-refractivity contribution >= 4 is 115 Å². The molecule has 9 aromatic carbocycles. The molecule has 13 aromatic rings. The molecule has 0 aliphatic carbocycles. The molecule has 13 rings (SSSR count). The van der Waals surface area contributed by atoms with Gasteiger partial charge in [-0.05, 0) is 233 Å². The summed E-state index contributed by atoms with van der Waals surface area (Å²) in [6, 6.07) is 56.3. The zero-order valence-electron chi connectivity index (χ0n) is 62.9. The van der Waals surface area contributed by atoms with Gasteiger partial charge in [0.1, 0.15) is 40.1 Å². The van der Waals surface area contributed by atoms with E-state index in [2.05, 4.69) is 29.1 Å². The van der Waals surface area contributed by atoms with E-state index in [4.69, 9.17) is 53.4 Å². The SMILES string of the molecule is Cc1cc(OCCCc2c(C(=O)NS(=O)(=O)c3ccccc3)[nH]c3c(-c4ccco4)cccc23)cc(C)c1Cl.Cc1ccccc1-c1cccc2c(CCCOc3cc(C)c(Cl)c(C)c3)c(C(=O)NS(C)(=O)=O)[nH]c12.Cc1ccccc1-c1cccc2c(CCCOc3cc(C)c(Cl)c(C)c3)c(C(=O)NS(C)(=O)=O)[nH]c12. The van der Waals surface area contributed by atoms with Crippen molar-refractivity contribution in [2.45, 2.75) is 98.8 Å². The van der Waals surface area contributed by atoms with Gasteiger partial charge in [-0.1, -0.05) is 150 Å². The number of rotatable bonds is 25. The van der Waals surface area contributed by atoms with Crippen LogP contribution in [-0.2, 0) is 49.3 Å². The lowest BCUT2D eigenvalue weighted by atomic mass is 9.97. The van der Waals surface area contributed by atoms with E-state index in [1.165, 1.54) is 12.1 Å². The number of hydrogen-bond donors (Lipinski definition) is 6. The van der Waals surface area contributed by atoms with Crippen molar-refractivity contribution in [3.05, 3.63) is 282 Å². The predicted molar refractivity (Wildman–Crippen MR) is 443 cm³/mol. The molecule has 0 radical (unpaired) electrons. The number of aromatic amines is 3. The number of halogens is 3. The van der Waals surface area contributed by atoms with Crippen LogP contribution in [0.3, 0.4) is 0 Å². The van der Waals surface area contributed by atoms with Crippen molar-refractivity contribution in [1.29, 1.82) is 0 Å². The normalized spacial score (nSPS) is 11.6. The summed E-state index contributed by atoms with van der Waals surface area (Å²) >= 11 is 18.8. The fourth-order valence-electron chi connectivity index (χ4n) is 13.6. The maximum absolute atomic E-state index is 13.4. The number of nitrogens with one attached hydrogen (secondary N) is 6. The predicted octanol–water partition coefficient (Wildman–Crippen LogP) is 19.1. The molecule has 0 aliphatic heterocycles. The molecule has 576 valence electrons. The third kappa shape index (κ3) is 19.8. The smallest absolute Gasteiger partial charge is 0.281 e. The number of para-hydroxylation sites is 3. The number of amides is 3. The molecule has 0 aliphatic rings. The van der Waals surface area contributed by atoms with Crippen molar-refractivity contribution in [3.8, 4) is 50.8 Å². The zero-order chi connectivity index (χ0) is 79.6. The molecule has 4 aromatic heterocycles. The highest BCUT2D eigenvalue weighted by Gasteiger charge is 2.28. The first kappa shape index (κ1) is 81.4. The van der Waals surface area contributed by atoms with E-state index in [1.807, 2.05) is 201 Å². The number of aryl methyl sites for hydroxylation is 11. The average Bonchev–Trinajstić information content (AvgIpc) is 1.63. The van der Waals surface area contributed by atoms with Crippen molar-refractivity contribution in [1.82, 2.24) is 29.1 Å². The maximum Gasteiger partial charge on any atom is 0.281 e. The van der Waals surface area contributed by atoms with Crippen LogP contribution in [0.1, 0.15) is 112 Å². The number of benzene rings is 9. The summed E-state index contributed by atoms with van der Waals surface area (Å²) in [7, 11) is -11.5. The van der Waals surface area contributed by atoms with Crippen LogP contribution < -0.4 is 28.4 Å². The summed E-state index contributed by atoms with van der Waals surface area (Å²) in [6.45, 7) is 16.9.